The lowest BCUT2D eigenvalue weighted by atomic mass is 9.90. The highest BCUT2D eigenvalue weighted by atomic mass is 35.5. The number of carbonyl (C=O) groups is 1. The Kier molecular flexibility index (Phi) is 9.03. The fourth-order valence-corrected chi connectivity index (χ4v) is 4.12. The Morgan fingerprint density at radius 3 is 2.57 bits per heavy atom. The molecule has 164 valence electrons. The number of halogens is 2. The molecule has 1 aliphatic heterocycles. The second-order valence-corrected chi connectivity index (χ2v) is 8.03. The van der Waals surface area contributed by atoms with Crippen LogP contribution in [0.4, 0.5) is 4.39 Å². The van der Waals surface area contributed by atoms with Gasteiger partial charge in [0.2, 0.25) is 5.91 Å². The second-order valence-electron chi connectivity index (χ2n) is 8.03. The molecule has 30 heavy (non-hydrogen) atoms. The van der Waals surface area contributed by atoms with Crippen molar-refractivity contribution in [3.8, 4) is 0 Å². The quantitative estimate of drug-likeness (QED) is 0.658. The van der Waals surface area contributed by atoms with E-state index in [1.165, 1.54) is 6.07 Å². The Morgan fingerprint density at radius 1 is 1.20 bits per heavy atom. The molecule has 1 aliphatic rings. The topological polar surface area (TPSA) is 55.2 Å². The smallest absolute Gasteiger partial charge is 0.343 e. The molecule has 0 aliphatic carbocycles. The maximum Gasteiger partial charge on any atom is 0.347 e. The fraction of sp³-hybridized carbons (Fsp3) is 0.522. The number of carbonyl (C=O) groups excluding carboxylic acids is 1. The number of hydrogen-bond donors (Lipinski definition) is 0. The molecule has 1 aromatic heterocycles. The van der Waals surface area contributed by atoms with Gasteiger partial charge in [-0.1, -0.05) is 18.2 Å². The zero-order valence-electron chi connectivity index (χ0n) is 17.8. The van der Waals surface area contributed by atoms with Crippen molar-refractivity contribution in [1.29, 1.82) is 0 Å². The maximum atomic E-state index is 13.7. The largest absolute Gasteiger partial charge is 0.347 e. The molecule has 2 aromatic rings. The van der Waals surface area contributed by atoms with E-state index >= 15 is 0 Å². The monoisotopic (exact) mass is 435 g/mol. The van der Waals surface area contributed by atoms with Crippen LogP contribution < -0.4 is 5.69 Å². The summed E-state index contributed by atoms with van der Waals surface area (Å²) >= 11 is 0. The molecule has 0 bridgehead atoms. The first-order chi connectivity index (χ1) is 13.9. The van der Waals surface area contributed by atoms with Gasteiger partial charge in [-0.05, 0) is 69.6 Å². The Labute approximate surface area is 183 Å². The minimum absolute atomic E-state index is 0. The van der Waals surface area contributed by atoms with Gasteiger partial charge in [-0.15, -0.1) is 12.4 Å². The molecular formula is C23H31ClFN3O2. The third kappa shape index (κ3) is 6.39. The van der Waals surface area contributed by atoms with Crippen LogP contribution in [-0.4, -0.2) is 33.4 Å². The van der Waals surface area contributed by atoms with Crippen LogP contribution in [0.1, 0.15) is 49.1 Å². The molecule has 0 atom stereocenters. The first-order valence-corrected chi connectivity index (χ1v) is 10.5. The Hall–Kier alpha value is -2.21. The lowest BCUT2D eigenvalue weighted by Gasteiger charge is -2.32. The minimum atomic E-state index is -0.245. The van der Waals surface area contributed by atoms with Crippen LogP contribution in [0, 0.1) is 25.6 Å². The molecule has 0 radical (unpaired) electrons. The summed E-state index contributed by atoms with van der Waals surface area (Å²) in [5.41, 5.74) is 2.14. The number of likely N-dealkylation sites (tertiary alicyclic amines) is 1. The van der Waals surface area contributed by atoms with Gasteiger partial charge >= 0.3 is 5.69 Å². The molecule has 7 heteroatoms. The van der Waals surface area contributed by atoms with Gasteiger partial charge in [0.1, 0.15) is 5.82 Å². The van der Waals surface area contributed by atoms with Crippen LogP contribution >= 0.6 is 12.4 Å². The zero-order chi connectivity index (χ0) is 20.8. The predicted octanol–water partition coefficient (Wildman–Crippen LogP) is 4.07. The van der Waals surface area contributed by atoms with Crippen molar-refractivity contribution in [2.75, 3.05) is 13.1 Å². The Bertz CT molecular complexity index is 908. The molecule has 3 rings (SSSR count). The van der Waals surface area contributed by atoms with E-state index in [-0.39, 0.29) is 29.8 Å². The van der Waals surface area contributed by atoms with E-state index in [4.69, 9.17) is 0 Å². The van der Waals surface area contributed by atoms with E-state index in [9.17, 15) is 14.0 Å². The van der Waals surface area contributed by atoms with Crippen molar-refractivity contribution in [2.45, 2.75) is 58.9 Å². The number of aryl methyl sites for hydroxylation is 3. The van der Waals surface area contributed by atoms with Gasteiger partial charge in [0.25, 0.3) is 0 Å². The summed E-state index contributed by atoms with van der Waals surface area (Å²) in [5.74, 6) is 0.570. The molecule has 1 saturated heterocycles. The number of rotatable bonds is 7. The predicted molar refractivity (Wildman–Crippen MR) is 118 cm³/mol. The summed E-state index contributed by atoms with van der Waals surface area (Å²) in [6, 6.07) is 8.84. The van der Waals surface area contributed by atoms with Crippen LogP contribution in [0.5, 0.6) is 0 Å². The van der Waals surface area contributed by atoms with E-state index in [1.54, 1.807) is 10.6 Å². The molecule has 1 fully saturated rings. The van der Waals surface area contributed by atoms with Crippen LogP contribution in [0.2, 0.25) is 0 Å². The van der Waals surface area contributed by atoms with Crippen LogP contribution in [0.15, 0.2) is 35.1 Å². The summed E-state index contributed by atoms with van der Waals surface area (Å²) in [6.07, 6.45) is 4.74. The van der Waals surface area contributed by atoms with Crippen molar-refractivity contribution in [2.24, 2.45) is 5.92 Å². The second kappa shape index (κ2) is 11.3. The van der Waals surface area contributed by atoms with Crippen molar-refractivity contribution >= 4 is 18.3 Å². The average molecular weight is 436 g/mol. The number of hydrogen-bond acceptors (Lipinski definition) is 3. The van der Waals surface area contributed by atoms with Gasteiger partial charge in [-0.3, -0.25) is 9.36 Å². The SMILES string of the molecule is Cc1cc(C)n(CCCC(=O)N2CCC(CCc3ccccc3F)CC2)c(=O)n1.Cl. The third-order valence-electron chi connectivity index (χ3n) is 5.87. The van der Waals surface area contributed by atoms with Crippen LogP contribution in [0.3, 0.4) is 0 Å². The summed E-state index contributed by atoms with van der Waals surface area (Å²) in [5, 5.41) is 0. The van der Waals surface area contributed by atoms with Crippen LogP contribution in [-0.2, 0) is 17.8 Å². The summed E-state index contributed by atoms with van der Waals surface area (Å²) in [7, 11) is 0. The molecule has 1 aromatic carbocycles. The van der Waals surface area contributed by atoms with Gasteiger partial charge in [-0.25, -0.2) is 9.18 Å². The van der Waals surface area contributed by atoms with Crippen LogP contribution in [0.25, 0.3) is 0 Å². The van der Waals surface area contributed by atoms with E-state index < -0.39 is 0 Å². The van der Waals surface area contributed by atoms with Gasteiger partial charge in [-0.2, -0.15) is 4.98 Å². The van der Waals surface area contributed by atoms with E-state index in [2.05, 4.69) is 4.98 Å². The number of nitrogens with zero attached hydrogens (tertiary/aromatic N) is 3. The van der Waals surface area contributed by atoms with E-state index in [0.717, 1.165) is 55.7 Å². The number of piperidine rings is 1. The molecule has 0 unspecified atom stereocenters. The third-order valence-corrected chi connectivity index (χ3v) is 5.87. The van der Waals surface area contributed by atoms with E-state index in [1.807, 2.05) is 36.9 Å². The highest BCUT2D eigenvalue weighted by Crippen LogP contribution is 2.23. The average Bonchev–Trinajstić information content (AvgIpc) is 2.69. The highest BCUT2D eigenvalue weighted by Gasteiger charge is 2.22. The van der Waals surface area contributed by atoms with Gasteiger partial charge in [0.05, 0.1) is 0 Å². The first kappa shape index (κ1) is 24.1. The number of benzene rings is 1. The first-order valence-electron chi connectivity index (χ1n) is 10.5. The zero-order valence-corrected chi connectivity index (χ0v) is 18.6. The Balaban J connectivity index is 0.00000320. The van der Waals surface area contributed by atoms with Gasteiger partial charge in [0.15, 0.2) is 0 Å². The lowest BCUT2D eigenvalue weighted by molar-refractivity contribution is -0.132. The Morgan fingerprint density at radius 2 is 1.90 bits per heavy atom. The van der Waals surface area contributed by atoms with Crippen molar-refractivity contribution < 1.29 is 9.18 Å². The summed E-state index contributed by atoms with van der Waals surface area (Å²) in [4.78, 5) is 30.4. The molecule has 5 nitrogen and oxygen atoms in total. The molecule has 0 spiro atoms. The maximum absolute atomic E-state index is 13.7. The molecule has 0 saturated carbocycles. The normalized spacial score (nSPS) is 14.4. The van der Waals surface area contributed by atoms with E-state index in [0.29, 0.717) is 25.3 Å². The number of aromatic nitrogens is 2. The summed E-state index contributed by atoms with van der Waals surface area (Å²) < 4.78 is 15.4. The highest BCUT2D eigenvalue weighted by molar-refractivity contribution is 5.85. The van der Waals surface area contributed by atoms with Crippen molar-refractivity contribution in [3.63, 3.8) is 0 Å². The van der Waals surface area contributed by atoms with Gasteiger partial charge < -0.3 is 4.90 Å². The summed E-state index contributed by atoms with van der Waals surface area (Å²) in [6.45, 7) is 5.76. The lowest BCUT2D eigenvalue weighted by Crippen LogP contribution is -2.38. The van der Waals surface area contributed by atoms with Gasteiger partial charge in [0, 0.05) is 37.4 Å². The standard InChI is InChI=1S/C23H30FN3O2.ClH/c1-17-16-18(2)27(23(29)25-17)13-5-8-22(28)26-14-11-19(12-15-26)9-10-20-6-3-4-7-21(20)24;/h3-4,6-7,16,19H,5,8-15H2,1-2H3;1H. The van der Waals surface area contributed by atoms with Crippen molar-refractivity contribution in [1.82, 2.24) is 14.5 Å². The number of amides is 1. The fourth-order valence-electron chi connectivity index (χ4n) is 4.12. The van der Waals surface area contributed by atoms with Crippen molar-refractivity contribution in [3.05, 3.63) is 63.6 Å². The molecule has 0 N–H and O–H groups in total. The molecule has 1 amide bonds. The molecule has 2 heterocycles. The minimum Gasteiger partial charge on any atom is -0.343 e. The molecular weight excluding hydrogens is 405 g/mol.